The number of benzene rings is 1. The molecule has 0 saturated carbocycles. The molecule has 1 aliphatic rings. The SMILES string of the molecule is C=C(C)C[C@H](c1ccc(C)c([N+](=O)[O-])c1)N1CCNCC1. The average molecular weight is 289 g/mol. The fourth-order valence-corrected chi connectivity index (χ4v) is 2.81. The maximum Gasteiger partial charge on any atom is 0.272 e. The van der Waals surface area contributed by atoms with Crippen molar-refractivity contribution < 1.29 is 4.92 Å². The lowest BCUT2D eigenvalue weighted by molar-refractivity contribution is -0.385. The third kappa shape index (κ3) is 3.89. The van der Waals surface area contributed by atoms with Gasteiger partial charge in [-0.3, -0.25) is 15.0 Å². The summed E-state index contributed by atoms with van der Waals surface area (Å²) in [6.45, 7) is 11.6. The van der Waals surface area contributed by atoms with Gasteiger partial charge in [-0.05, 0) is 25.8 Å². The molecule has 1 aromatic carbocycles. The summed E-state index contributed by atoms with van der Waals surface area (Å²) in [7, 11) is 0. The highest BCUT2D eigenvalue weighted by atomic mass is 16.6. The third-order valence-electron chi connectivity index (χ3n) is 3.95. The number of nitro benzene ring substituents is 1. The van der Waals surface area contributed by atoms with Gasteiger partial charge in [0.15, 0.2) is 0 Å². The quantitative estimate of drug-likeness (QED) is 0.514. The van der Waals surface area contributed by atoms with Crippen LogP contribution in [0.5, 0.6) is 0 Å². The first kappa shape index (κ1) is 15.7. The van der Waals surface area contributed by atoms with E-state index in [1.165, 1.54) is 0 Å². The van der Waals surface area contributed by atoms with Gasteiger partial charge < -0.3 is 5.32 Å². The van der Waals surface area contributed by atoms with E-state index in [4.69, 9.17) is 0 Å². The largest absolute Gasteiger partial charge is 0.314 e. The van der Waals surface area contributed by atoms with Crippen LogP contribution in [0.15, 0.2) is 30.4 Å². The summed E-state index contributed by atoms with van der Waals surface area (Å²) in [5, 5.41) is 14.5. The van der Waals surface area contributed by atoms with E-state index in [0.717, 1.165) is 43.7 Å². The van der Waals surface area contributed by atoms with Crippen molar-refractivity contribution in [3.63, 3.8) is 0 Å². The Labute approximate surface area is 125 Å². The van der Waals surface area contributed by atoms with Crippen molar-refractivity contribution in [3.05, 3.63) is 51.6 Å². The Bertz CT molecular complexity index is 536. The Balaban J connectivity index is 2.33. The van der Waals surface area contributed by atoms with E-state index in [1.807, 2.05) is 19.1 Å². The lowest BCUT2D eigenvalue weighted by Crippen LogP contribution is -2.45. The lowest BCUT2D eigenvalue weighted by Gasteiger charge is -2.35. The van der Waals surface area contributed by atoms with Gasteiger partial charge in [0.2, 0.25) is 0 Å². The van der Waals surface area contributed by atoms with Crippen molar-refractivity contribution in [2.45, 2.75) is 26.3 Å². The van der Waals surface area contributed by atoms with E-state index < -0.39 is 0 Å². The summed E-state index contributed by atoms with van der Waals surface area (Å²) in [4.78, 5) is 13.3. The molecule has 1 saturated heterocycles. The first-order valence-corrected chi connectivity index (χ1v) is 7.33. The minimum Gasteiger partial charge on any atom is -0.314 e. The molecule has 0 radical (unpaired) electrons. The normalized spacial score (nSPS) is 17.4. The highest BCUT2D eigenvalue weighted by Gasteiger charge is 2.24. The number of nitrogens with zero attached hydrogens (tertiary/aromatic N) is 2. The Morgan fingerprint density at radius 3 is 2.71 bits per heavy atom. The van der Waals surface area contributed by atoms with Gasteiger partial charge in [-0.15, -0.1) is 6.58 Å². The first-order chi connectivity index (χ1) is 9.99. The molecule has 114 valence electrons. The molecule has 5 nitrogen and oxygen atoms in total. The Morgan fingerprint density at radius 1 is 1.48 bits per heavy atom. The standard InChI is InChI=1S/C16H23N3O2/c1-12(2)10-16(18-8-6-17-7-9-18)14-5-4-13(3)15(11-14)19(20)21/h4-5,11,16-17H,1,6-10H2,2-3H3/t16-/m1/s1. The molecule has 1 heterocycles. The van der Waals surface area contributed by atoms with Crippen LogP contribution in [0.1, 0.15) is 30.5 Å². The topological polar surface area (TPSA) is 58.4 Å². The van der Waals surface area contributed by atoms with Crippen LogP contribution >= 0.6 is 0 Å². The van der Waals surface area contributed by atoms with E-state index in [-0.39, 0.29) is 16.7 Å². The second kappa shape index (κ2) is 6.83. The Morgan fingerprint density at radius 2 is 2.14 bits per heavy atom. The summed E-state index contributed by atoms with van der Waals surface area (Å²) >= 11 is 0. The molecule has 0 bridgehead atoms. The molecule has 0 aromatic heterocycles. The van der Waals surface area contributed by atoms with Gasteiger partial charge in [0.05, 0.1) is 4.92 Å². The van der Waals surface area contributed by atoms with Gasteiger partial charge >= 0.3 is 0 Å². The minimum atomic E-state index is -0.297. The van der Waals surface area contributed by atoms with Crippen LogP contribution in [0.2, 0.25) is 0 Å². The zero-order valence-corrected chi connectivity index (χ0v) is 12.8. The van der Waals surface area contributed by atoms with Crippen LogP contribution in [0.25, 0.3) is 0 Å². The number of nitrogens with one attached hydrogen (secondary N) is 1. The van der Waals surface area contributed by atoms with Gasteiger partial charge in [0.1, 0.15) is 0 Å². The van der Waals surface area contributed by atoms with Crippen molar-refractivity contribution in [3.8, 4) is 0 Å². The van der Waals surface area contributed by atoms with E-state index in [9.17, 15) is 10.1 Å². The van der Waals surface area contributed by atoms with Gasteiger partial charge in [-0.2, -0.15) is 0 Å². The molecule has 0 unspecified atom stereocenters. The van der Waals surface area contributed by atoms with Gasteiger partial charge in [0, 0.05) is 43.9 Å². The molecule has 0 amide bonds. The second-order valence-electron chi connectivity index (χ2n) is 5.77. The fraction of sp³-hybridized carbons (Fsp3) is 0.500. The summed E-state index contributed by atoms with van der Waals surface area (Å²) in [5.74, 6) is 0. The smallest absolute Gasteiger partial charge is 0.272 e. The van der Waals surface area contributed by atoms with E-state index in [0.29, 0.717) is 5.56 Å². The molecule has 2 rings (SSSR count). The molecule has 1 N–H and O–H groups in total. The number of rotatable bonds is 5. The fourth-order valence-electron chi connectivity index (χ4n) is 2.81. The molecular formula is C16H23N3O2. The highest BCUT2D eigenvalue weighted by Crippen LogP contribution is 2.31. The second-order valence-corrected chi connectivity index (χ2v) is 5.77. The third-order valence-corrected chi connectivity index (χ3v) is 3.95. The van der Waals surface area contributed by atoms with Gasteiger partial charge in [0.25, 0.3) is 5.69 Å². The monoisotopic (exact) mass is 289 g/mol. The van der Waals surface area contributed by atoms with Crippen molar-refractivity contribution in [2.75, 3.05) is 26.2 Å². The number of piperazine rings is 1. The van der Waals surface area contributed by atoms with E-state index >= 15 is 0 Å². The predicted molar refractivity (Wildman–Crippen MR) is 84.4 cm³/mol. The highest BCUT2D eigenvalue weighted by molar-refractivity contribution is 5.43. The predicted octanol–water partition coefficient (Wildman–Crippen LogP) is 2.82. The zero-order chi connectivity index (χ0) is 15.4. The molecule has 1 fully saturated rings. The van der Waals surface area contributed by atoms with E-state index in [2.05, 4.69) is 16.8 Å². The van der Waals surface area contributed by atoms with Gasteiger partial charge in [-0.1, -0.05) is 17.7 Å². The van der Waals surface area contributed by atoms with Crippen molar-refractivity contribution in [1.29, 1.82) is 0 Å². The number of hydrogen-bond donors (Lipinski definition) is 1. The molecule has 0 aliphatic carbocycles. The molecule has 21 heavy (non-hydrogen) atoms. The molecule has 0 spiro atoms. The Kier molecular flexibility index (Phi) is 5.09. The molecule has 1 aliphatic heterocycles. The average Bonchev–Trinajstić information content (AvgIpc) is 2.46. The summed E-state index contributed by atoms with van der Waals surface area (Å²) < 4.78 is 0. The summed E-state index contributed by atoms with van der Waals surface area (Å²) in [5.41, 5.74) is 3.02. The zero-order valence-electron chi connectivity index (χ0n) is 12.8. The van der Waals surface area contributed by atoms with E-state index in [1.54, 1.807) is 13.0 Å². The maximum atomic E-state index is 11.2. The lowest BCUT2D eigenvalue weighted by atomic mass is 9.96. The molecule has 5 heteroatoms. The van der Waals surface area contributed by atoms with Crippen LogP contribution in [0.4, 0.5) is 5.69 Å². The van der Waals surface area contributed by atoms with Crippen molar-refractivity contribution >= 4 is 5.69 Å². The number of aryl methyl sites for hydroxylation is 1. The number of nitro groups is 1. The molecule has 1 aromatic rings. The number of hydrogen-bond acceptors (Lipinski definition) is 4. The summed E-state index contributed by atoms with van der Waals surface area (Å²) in [6.07, 6.45) is 0.834. The van der Waals surface area contributed by atoms with Crippen LogP contribution in [-0.2, 0) is 0 Å². The Hall–Kier alpha value is -1.72. The van der Waals surface area contributed by atoms with Crippen LogP contribution < -0.4 is 5.32 Å². The van der Waals surface area contributed by atoms with Crippen LogP contribution in [-0.4, -0.2) is 36.0 Å². The minimum absolute atomic E-state index is 0.170. The maximum absolute atomic E-state index is 11.2. The summed E-state index contributed by atoms with van der Waals surface area (Å²) in [6, 6.07) is 5.76. The first-order valence-electron chi connectivity index (χ1n) is 7.33. The van der Waals surface area contributed by atoms with Crippen LogP contribution in [0.3, 0.4) is 0 Å². The molecular weight excluding hydrogens is 266 g/mol. The van der Waals surface area contributed by atoms with Crippen molar-refractivity contribution in [1.82, 2.24) is 10.2 Å². The van der Waals surface area contributed by atoms with Gasteiger partial charge in [-0.25, -0.2) is 0 Å². The van der Waals surface area contributed by atoms with Crippen LogP contribution in [0, 0.1) is 17.0 Å². The van der Waals surface area contributed by atoms with Crippen molar-refractivity contribution in [2.24, 2.45) is 0 Å². The molecule has 1 atom stereocenters.